The molecule has 1 saturated heterocycles. The Hall–Kier alpha value is -1.65. The summed E-state index contributed by atoms with van der Waals surface area (Å²) in [5.41, 5.74) is 3.18. The lowest BCUT2D eigenvalue weighted by atomic mass is 9.89. The Labute approximate surface area is 125 Å². The Morgan fingerprint density at radius 2 is 1.95 bits per heavy atom. The van der Waals surface area contributed by atoms with Crippen molar-refractivity contribution in [2.75, 3.05) is 18.6 Å². The molecule has 4 heteroatoms. The number of fused-ring (bicyclic) bond motifs is 4. The number of anilines is 1. The number of epoxide rings is 1. The lowest BCUT2D eigenvalue weighted by Gasteiger charge is -2.19. The molecular formula is C16H12BrNO2. The average Bonchev–Trinajstić information content (AvgIpc) is 3.27. The molecule has 2 aromatic carbocycles. The maximum absolute atomic E-state index is 12.7. The summed E-state index contributed by atoms with van der Waals surface area (Å²) in [5.74, 6) is 0.0107. The molecule has 4 rings (SSSR count). The van der Waals surface area contributed by atoms with Crippen molar-refractivity contribution in [3.63, 3.8) is 0 Å². The first kappa shape index (κ1) is 12.1. The van der Waals surface area contributed by atoms with Crippen LogP contribution in [0.2, 0.25) is 0 Å². The first-order valence-electron chi connectivity index (χ1n) is 6.45. The van der Waals surface area contributed by atoms with E-state index in [9.17, 15) is 4.79 Å². The fourth-order valence-corrected chi connectivity index (χ4v) is 3.33. The molecule has 20 heavy (non-hydrogen) atoms. The number of hydrogen-bond donors (Lipinski definition) is 0. The quantitative estimate of drug-likeness (QED) is 0.694. The van der Waals surface area contributed by atoms with Crippen molar-refractivity contribution >= 4 is 27.5 Å². The smallest absolute Gasteiger partial charge is 0.258 e. The van der Waals surface area contributed by atoms with Crippen LogP contribution in [0.15, 0.2) is 46.9 Å². The molecule has 3 nitrogen and oxygen atoms in total. The first-order chi connectivity index (χ1) is 9.63. The van der Waals surface area contributed by atoms with Gasteiger partial charge in [0.2, 0.25) is 0 Å². The van der Waals surface area contributed by atoms with Crippen LogP contribution < -0.4 is 4.90 Å². The standard InChI is InChI=1S/C16H12BrNO2/c1-18-14-7-6-10(17)8-13(14)16(9-20-16)12-5-3-2-4-11(12)15(18)19/h2-8H,9H2,1H3. The summed E-state index contributed by atoms with van der Waals surface area (Å²) < 4.78 is 6.81. The zero-order chi connectivity index (χ0) is 13.9. The maximum Gasteiger partial charge on any atom is 0.258 e. The zero-order valence-corrected chi connectivity index (χ0v) is 12.5. The van der Waals surface area contributed by atoms with Gasteiger partial charge in [-0.2, -0.15) is 0 Å². The second-order valence-corrected chi connectivity index (χ2v) is 6.10. The van der Waals surface area contributed by atoms with Crippen LogP contribution in [-0.2, 0) is 10.3 Å². The average molecular weight is 330 g/mol. The highest BCUT2D eigenvalue weighted by molar-refractivity contribution is 9.10. The van der Waals surface area contributed by atoms with Gasteiger partial charge in [0.1, 0.15) is 5.60 Å². The van der Waals surface area contributed by atoms with E-state index in [-0.39, 0.29) is 5.91 Å². The van der Waals surface area contributed by atoms with Gasteiger partial charge in [0.15, 0.2) is 0 Å². The van der Waals surface area contributed by atoms with Gasteiger partial charge < -0.3 is 9.64 Å². The summed E-state index contributed by atoms with van der Waals surface area (Å²) >= 11 is 3.51. The van der Waals surface area contributed by atoms with Crippen LogP contribution in [-0.4, -0.2) is 19.6 Å². The van der Waals surface area contributed by atoms with Crippen LogP contribution in [0.1, 0.15) is 21.5 Å². The van der Waals surface area contributed by atoms with Crippen molar-refractivity contribution in [3.8, 4) is 0 Å². The third-order valence-electron chi connectivity index (χ3n) is 4.09. The van der Waals surface area contributed by atoms with Crippen LogP contribution in [0.4, 0.5) is 5.69 Å². The Balaban J connectivity index is 2.08. The van der Waals surface area contributed by atoms with Gasteiger partial charge in [0, 0.05) is 28.2 Å². The van der Waals surface area contributed by atoms with Gasteiger partial charge in [-0.05, 0) is 24.3 Å². The molecule has 2 aliphatic rings. The van der Waals surface area contributed by atoms with Crippen LogP contribution >= 0.6 is 15.9 Å². The normalized spacial score (nSPS) is 23.3. The summed E-state index contributed by atoms with van der Waals surface area (Å²) in [6.07, 6.45) is 0. The highest BCUT2D eigenvalue weighted by Gasteiger charge is 2.53. The maximum atomic E-state index is 12.7. The Morgan fingerprint density at radius 1 is 1.20 bits per heavy atom. The number of amides is 1. The van der Waals surface area contributed by atoms with E-state index in [2.05, 4.69) is 15.9 Å². The van der Waals surface area contributed by atoms with Gasteiger partial charge in [-0.1, -0.05) is 34.1 Å². The molecule has 1 fully saturated rings. The lowest BCUT2D eigenvalue weighted by Crippen LogP contribution is -2.26. The fourth-order valence-electron chi connectivity index (χ4n) is 2.96. The van der Waals surface area contributed by atoms with E-state index < -0.39 is 5.60 Å². The topological polar surface area (TPSA) is 32.8 Å². The van der Waals surface area contributed by atoms with Crippen molar-refractivity contribution in [1.82, 2.24) is 0 Å². The van der Waals surface area contributed by atoms with Crippen LogP contribution in [0, 0.1) is 0 Å². The lowest BCUT2D eigenvalue weighted by molar-refractivity contribution is 0.0992. The highest BCUT2D eigenvalue weighted by Crippen LogP contribution is 2.52. The Bertz CT molecular complexity index is 737. The zero-order valence-electron chi connectivity index (χ0n) is 10.9. The molecule has 0 saturated carbocycles. The van der Waals surface area contributed by atoms with Gasteiger partial charge in [0.25, 0.3) is 5.91 Å². The molecule has 2 heterocycles. The third-order valence-corrected chi connectivity index (χ3v) is 4.58. The van der Waals surface area contributed by atoms with Crippen molar-refractivity contribution in [2.45, 2.75) is 5.60 Å². The largest absolute Gasteiger partial charge is 0.359 e. The first-order valence-corrected chi connectivity index (χ1v) is 7.24. The molecule has 1 atom stereocenters. The predicted octanol–water partition coefficient (Wildman–Crippen LogP) is 3.31. The molecule has 1 amide bonds. The fraction of sp³-hybridized carbons (Fsp3) is 0.188. The van der Waals surface area contributed by atoms with E-state index in [0.29, 0.717) is 6.61 Å². The molecule has 1 spiro atoms. The highest BCUT2D eigenvalue weighted by atomic mass is 79.9. The Kier molecular flexibility index (Phi) is 2.38. The molecule has 2 aromatic rings. The number of nitrogens with zero attached hydrogens (tertiary/aromatic N) is 1. The predicted molar refractivity (Wildman–Crippen MR) is 80.0 cm³/mol. The van der Waals surface area contributed by atoms with Crippen molar-refractivity contribution in [1.29, 1.82) is 0 Å². The van der Waals surface area contributed by atoms with E-state index in [0.717, 1.165) is 26.9 Å². The molecular weight excluding hydrogens is 318 g/mol. The monoisotopic (exact) mass is 329 g/mol. The van der Waals surface area contributed by atoms with Gasteiger partial charge in [-0.3, -0.25) is 4.79 Å². The number of carbonyl (C=O) groups is 1. The van der Waals surface area contributed by atoms with Crippen molar-refractivity contribution in [3.05, 3.63) is 63.6 Å². The van der Waals surface area contributed by atoms with Gasteiger partial charge in [0.05, 0.1) is 12.3 Å². The minimum absolute atomic E-state index is 0.0107. The van der Waals surface area contributed by atoms with Gasteiger partial charge in [-0.15, -0.1) is 0 Å². The molecule has 0 aromatic heterocycles. The minimum Gasteiger partial charge on any atom is -0.359 e. The minimum atomic E-state index is -0.462. The molecule has 0 bridgehead atoms. The Morgan fingerprint density at radius 3 is 2.70 bits per heavy atom. The molecule has 1 unspecified atom stereocenters. The summed E-state index contributed by atoms with van der Waals surface area (Å²) in [6, 6.07) is 13.7. The molecule has 0 radical (unpaired) electrons. The van der Waals surface area contributed by atoms with Gasteiger partial charge in [-0.25, -0.2) is 0 Å². The molecule has 100 valence electrons. The summed E-state index contributed by atoms with van der Waals surface area (Å²) in [7, 11) is 1.81. The molecule has 0 aliphatic carbocycles. The molecule has 0 N–H and O–H groups in total. The van der Waals surface area contributed by atoms with Crippen LogP contribution in [0.3, 0.4) is 0 Å². The van der Waals surface area contributed by atoms with Crippen molar-refractivity contribution < 1.29 is 9.53 Å². The van der Waals surface area contributed by atoms with E-state index in [1.807, 2.05) is 49.5 Å². The number of halogens is 1. The number of rotatable bonds is 0. The van der Waals surface area contributed by atoms with Crippen LogP contribution in [0.5, 0.6) is 0 Å². The van der Waals surface area contributed by atoms with E-state index >= 15 is 0 Å². The van der Waals surface area contributed by atoms with E-state index in [1.165, 1.54) is 0 Å². The number of ether oxygens (including phenoxy) is 1. The van der Waals surface area contributed by atoms with Crippen LogP contribution in [0.25, 0.3) is 0 Å². The van der Waals surface area contributed by atoms with Gasteiger partial charge >= 0.3 is 0 Å². The number of carbonyl (C=O) groups excluding carboxylic acids is 1. The number of hydrogen-bond acceptors (Lipinski definition) is 2. The second-order valence-electron chi connectivity index (χ2n) is 5.19. The third kappa shape index (κ3) is 1.46. The number of benzene rings is 2. The SMILES string of the molecule is CN1C(=O)c2ccccc2C2(CO2)c2cc(Br)ccc21. The second kappa shape index (κ2) is 3.93. The van der Waals surface area contributed by atoms with E-state index in [1.54, 1.807) is 4.90 Å². The molecule has 2 aliphatic heterocycles. The van der Waals surface area contributed by atoms with Crippen molar-refractivity contribution in [2.24, 2.45) is 0 Å². The summed E-state index contributed by atoms with van der Waals surface area (Å²) in [6.45, 7) is 0.620. The summed E-state index contributed by atoms with van der Waals surface area (Å²) in [5, 5.41) is 0. The van der Waals surface area contributed by atoms with E-state index in [4.69, 9.17) is 4.74 Å². The summed E-state index contributed by atoms with van der Waals surface area (Å²) in [4.78, 5) is 14.4.